The van der Waals surface area contributed by atoms with Gasteiger partial charge in [0.15, 0.2) is 5.43 Å². The number of pyridine rings is 1. The predicted molar refractivity (Wildman–Crippen MR) is 67.2 cm³/mol. The Morgan fingerprint density at radius 1 is 1.47 bits per heavy atom. The molecule has 1 fully saturated rings. The Morgan fingerprint density at radius 2 is 2.24 bits per heavy atom. The molecule has 0 bridgehead atoms. The van der Waals surface area contributed by atoms with Gasteiger partial charge in [-0.15, -0.1) is 0 Å². The number of rotatable bonds is 2. The predicted octanol–water partition coefficient (Wildman–Crippen LogP) is 1.47. The van der Waals surface area contributed by atoms with E-state index in [4.69, 9.17) is 4.74 Å². The molecule has 1 aromatic rings. The summed E-state index contributed by atoms with van der Waals surface area (Å²) in [7, 11) is 0. The number of aromatic nitrogens is 1. The lowest BCUT2D eigenvalue weighted by atomic mass is 10.1. The van der Waals surface area contributed by atoms with Crippen LogP contribution in [0.5, 0.6) is 0 Å². The molecular formula is C13H20N2O2. The second kappa shape index (κ2) is 5.02. The van der Waals surface area contributed by atoms with Gasteiger partial charge in [-0.2, -0.15) is 0 Å². The van der Waals surface area contributed by atoms with E-state index in [1.54, 1.807) is 12.1 Å². The van der Waals surface area contributed by atoms with Crippen LogP contribution < -0.4 is 5.43 Å². The highest BCUT2D eigenvalue weighted by Crippen LogP contribution is 2.21. The molecule has 0 saturated carbocycles. The van der Waals surface area contributed by atoms with Crippen LogP contribution >= 0.6 is 0 Å². The number of nitrogens with zero attached hydrogens (tertiary/aromatic N) is 1. The van der Waals surface area contributed by atoms with Gasteiger partial charge in [0.05, 0.1) is 6.61 Å². The van der Waals surface area contributed by atoms with Crippen molar-refractivity contribution < 1.29 is 4.74 Å². The second-order valence-electron chi connectivity index (χ2n) is 4.90. The first-order chi connectivity index (χ1) is 8.06. The maximum atomic E-state index is 11.5. The molecule has 1 unspecified atom stereocenters. The molecule has 2 rings (SSSR count). The fourth-order valence-electron chi connectivity index (χ4n) is 2.21. The quantitative estimate of drug-likeness (QED) is 0.845. The molecule has 0 radical (unpaired) electrons. The van der Waals surface area contributed by atoms with E-state index in [9.17, 15) is 4.79 Å². The van der Waals surface area contributed by atoms with Crippen LogP contribution in [0.1, 0.15) is 31.3 Å². The molecule has 4 heteroatoms. The summed E-state index contributed by atoms with van der Waals surface area (Å²) < 4.78 is 5.74. The highest BCUT2D eigenvalue weighted by atomic mass is 16.5. The minimum absolute atomic E-state index is 0.0150. The number of H-pyrrole nitrogens is 1. The summed E-state index contributed by atoms with van der Waals surface area (Å²) in [5, 5.41) is 0. The first-order valence-corrected chi connectivity index (χ1v) is 6.13. The van der Waals surface area contributed by atoms with Gasteiger partial charge in [-0.1, -0.05) is 0 Å². The highest BCUT2D eigenvalue weighted by Gasteiger charge is 2.24. The fraction of sp³-hybridized carbons (Fsp3) is 0.615. The van der Waals surface area contributed by atoms with E-state index in [-0.39, 0.29) is 11.5 Å². The third-order valence-corrected chi connectivity index (χ3v) is 3.17. The third kappa shape index (κ3) is 2.96. The summed E-state index contributed by atoms with van der Waals surface area (Å²) in [6.07, 6.45) is -0.0150. The zero-order chi connectivity index (χ0) is 12.4. The monoisotopic (exact) mass is 236 g/mol. The molecule has 2 heterocycles. The van der Waals surface area contributed by atoms with Crippen molar-refractivity contribution in [2.75, 3.05) is 19.7 Å². The Hall–Kier alpha value is -1.13. The minimum atomic E-state index is -0.0150. The van der Waals surface area contributed by atoms with E-state index in [1.165, 1.54) is 0 Å². The number of hydrogen-bond acceptors (Lipinski definition) is 3. The van der Waals surface area contributed by atoms with E-state index < -0.39 is 0 Å². The maximum absolute atomic E-state index is 11.5. The average molecular weight is 236 g/mol. The van der Waals surface area contributed by atoms with Crippen molar-refractivity contribution in [1.29, 1.82) is 0 Å². The van der Waals surface area contributed by atoms with Crippen LogP contribution in [-0.4, -0.2) is 35.6 Å². The molecule has 17 heavy (non-hydrogen) atoms. The lowest BCUT2D eigenvalue weighted by Gasteiger charge is -2.35. The summed E-state index contributed by atoms with van der Waals surface area (Å²) in [6.45, 7) is 8.79. The van der Waals surface area contributed by atoms with Crippen LogP contribution in [0.3, 0.4) is 0 Å². The number of ether oxygens (including phenoxy) is 1. The first kappa shape index (κ1) is 12.3. The summed E-state index contributed by atoms with van der Waals surface area (Å²) in [5.41, 5.74) is 1.82. The number of aryl methyl sites for hydroxylation is 1. The SMILES string of the molecule is Cc1cc(=O)cc(C2CN(C(C)C)CCO2)[nH]1. The van der Waals surface area contributed by atoms with Gasteiger partial charge in [0.25, 0.3) is 0 Å². The Bertz CT molecular complexity index is 439. The summed E-state index contributed by atoms with van der Waals surface area (Å²) in [4.78, 5) is 17.1. The van der Waals surface area contributed by atoms with Gasteiger partial charge in [-0.25, -0.2) is 0 Å². The second-order valence-corrected chi connectivity index (χ2v) is 4.90. The number of morpholine rings is 1. The van der Waals surface area contributed by atoms with Crippen LogP contribution in [-0.2, 0) is 4.74 Å². The van der Waals surface area contributed by atoms with Gasteiger partial charge in [0, 0.05) is 42.7 Å². The Labute approximate surface area is 102 Å². The molecule has 0 aliphatic carbocycles. The van der Waals surface area contributed by atoms with Gasteiger partial charge in [-0.05, 0) is 20.8 Å². The molecule has 1 saturated heterocycles. The molecular weight excluding hydrogens is 216 g/mol. The van der Waals surface area contributed by atoms with Crippen LogP contribution in [0.2, 0.25) is 0 Å². The van der Waals surface area contributed by atoms with Gasteiger partial charge in [-0.3, -0.25) is 9.69 Å². The lowest BCUT2D eigenvalue weighted by Crippen LogP contribution is -2.42. The van der Waals surface area contributed by atoms with E-state index in [0.717, 1.165) is 31.1 Å². The third-order valence-electron chi connectivity index (χ3n) is 3.17. The van der Waals surface area contributed by atoms with Crippen molar-refractivity contribution in [1.82, 2.24) is 9.88 Å². The molecule has 1 aliphatic heterocycles. The van der Waals surface area contributed by atoms with Gasteiger partial charge in [0.1, 0.15) is 6.10 Å². The molecule has 0 amide bonds. The van der Waals surface area contributed by atoms with Gasteiger partial charge in [0.2, 0.25) is 0 Å². The molecule has 1 atom stereocenters. The van der Waals surface area contributed by atoms with Crippen molar-refractivity contribution in [3.05, 3.63) is 33.7 Å². The lowest BCUT2D eigenvalue weighted by molar-refractivity contribution is -0.0422. The topological polar surface area (TPSA) is 45.3 Å². The molecule has 0 aromatic carbocycles. The largest absolute Gasteiger partial charge is 0.369 e. The van der Waals surface area contributed by atoms with E-state index in [0.29, 0.717) is 6.04 Å². The number of nitrogens with one attached hydrogen (secondary N) is 1. The number of hydrogen-bond donors (Lipinski definition) is 1. The van der Waals surface area contributed by atoms with E-state index in [1.807, 2.05) is 6.92 Å². The summed E-state index contributed by atoms with van der Waals surface area (Å²) in [6, 6.07) is 3.76. The Kier molecular flexibility index (Phi) is 3.64. The maximum Gasteiger partial charge on any atom is 0.182 e. The minimum Gasteiger partial charge on any atom is -0.369 e. The Balaban J connectivity index is 2.18. The number of aromatic amines is 1. The zero-order valence-electron chi connectivity index (χ0n) is 10.7. The zero-order valence-corrected chi connectivity index (χ0v) is 10.7. The fourth-order valence-corrected chi connectivity index (χ4v) is 2.21. The highest BCUT2D eigenvalue weighted by molar-refractivity contribution is 5.13. The normalized spacial score (nSPS) is 22.0. The van der Waals surface area contributed by atoms with Gasteiger partial charge >= 0.3 is 0 Å². The standard InChI is InChI=1S/C13H20N2O2/c1-9(2)15-4-5-17-13(8-15)12-7-11(16)6-10(3)14-12/h6-7,9,13H,4-5,8H2,1-3H3,(H,14,16). The molecule has 94 valence electrons. The van der Waals surface area contributed by atoms with E-state index in [2.05, 4.69) is 23.7 Å². The summed E-state index contributed by atoms with van der Waals surface area (Å²) >= 11 is 0. The van der Waals surface area contributed by atoms with Crippen LogP contribution in [0.4, 0.5) is 0 Å². The average Bonchev–Trinajstić information content (AvgIpc) is 2.28. The molecule has 4 nitrogen and oxygen atoms in total. The molecule has 1 aromatic heterocycles. The van der Waals surface area contributed by atoms with Crippen LogP contribution in [0.15, 0.2) is 16.9 Å². The van der Waals surface area contributed by atoms with Crippen molar-refractivity contribution in [2.45, 2.75) is 32.9 Å². The molecule has 1 N–H and O–H groups in total. The Morgan fingerprint density at radius 3 is 2.88 bits per heavy atom. The first-order valence-electron chi connectivity index (χ1n) is 6.13. The summed E-state index contributed by atoms with van der Waals surface area (Å²) in [5.74, 6) is 0. The van der Waals surface area contributed by atoms with E-state index >= 15 is 0 Å². The van der Waals surface area contributed by atoms with Crippen molar-refractivity contribution in [3.63, 3.8) is 0 Å². The van der Waals surface area contributed by atoms with Crippen molar-refractivity contribution >= 4 is 0 Å². The molecule has 0 spiro atoms. The van der Waals surface area contributed by atoms with Crippen LogP contribution in [0.25, 0.3) is 0 Å². The molecule has 1 aliphatic rings. The van der Waals surface area contributed by atoms with Gasteiger partial charge < -0.3 is 9.72 Å². The van der Waals surface area contributed by atoms with Crippen molar-refractivity contribution in [3.8, 4) is 0 Å². The van der Waals surface area contributed by atoms with Crippen LogP contribution in [0, 0.1) is 6.92 Å². The smallest absolute Gasteiger partial charge is 0.182 e. The van der Waals surface area contributed by atoms with Crippen molar-refractivity contribution in [2.24, 2.45) is 0 Å².